The molecule has 1 aromatic carbocycles. The van der Waals surface area contributed by atoms with E-state index in [0.29, 0.717) is 5.69 Å². The van der Waals surface area contributed by atoms with Crippen LogP contribution in [0.3, 0.4) is 0 Å². The molecular formula is C18H21N5O3. The van der Waals surface area contributed by atoms with Crippen LogP contribution >= 0.6 is 0 Å². The summed E-state index contributed by atoms with van der Waals surface area (Å²) in [7, 11) is 3.38. The van der Waals surface area contributed by atoms with Gasteiger partial charge < -0.3 is 19.9 Å². The first kappa shape index (κ1) is 17.8. The molecular weight excluding hydrogens is 334 g/mol. The third kappa shape index (κ3) is 3.97. The first-order valence-corrected chi connectivity index (χ1v) is 8.32. The summed E-state index contributed by atoms with van der Waals surface area (Å²) in [6.45, 7) is 3.69. The zero-order chi connectivity index (χ0) is 18.5. The Morgan fingerprint density at radius 1 is 1.08 bits per heavy atom. The number of nitrogens with one attached hydrogen (secondary N) is 1. The van der Waals surface area contributed by atoms with E-state index in [0.717, 1.165) is 32.0 Å². The molecule has 0 radical (unpaired) electrons. The molecule has 0 saturated carbocycles. The molecule has 8 heteroatoms. The third-order valence-corrected chi connectivity index (χ3v) is 4.28. The number of hydrogen-bond acceptors (Lipinski definition) is 7. The van der Waals surface area contributed by atoms with Gasteiger partial charge in [0.05, 0.1) is 30.8 Å². The molecule has 1 aromatic heterocycles. The lowest BCUT2D eigenvalue weighted by molar-refractivity contribution is 0.0602. The van der Waals surface area contributed by atoms with E-state index in [1.54, 1.807) is 30.5 Å². The molecule has 0 aliphatic carbocycles. The fourth-order valence-corrected chi connectivity index (χ4v) is 2.70. The highest BCUT2D eigenvalue weighted by molar-refractivity contribution is 6.06. The number of likely N-dealkylation sites (N-methyl/N-ethyl adjacent to an activating group) is 1. The number of carbonyl (C=O) groups is 2. The van der Waals surface area contributed by atoms with E-state index >= 15 is 0 Å². The van der Waals surface area contributed by atoms with Crippen LogP contribution in [0.5, 0.6) is 0 Å². The molecule has 3 rings (SSSR count). The van der Waals surface area contributed by atoms with Crippen molar-refractivity contribution in [3.63, 3.8) is 0 Å². The average Bonchev–Trinajstić information content (AvgIpc) is 2.68. The van der Waals surface area contributed by atoms with E-state index in [9.17, 15) is 9.59 Å². The first-order chi connectivity index (χ1) is 12.6. The number of rotatable bonds is 4. The van der Waals surface area contributed by atoms with Gasteiger partial charge in [0.1, 0.15) is 11.5 Å². The van der Waals surface area contributed by atoms with Crippen LogP contribution in [-0.4, -0.2) is 67.1 Å². The normalized spacial score (nSPS) is 14.8. The number of ether oxygens (including phenoxy) is 1. The van der Waals surface area contributed by atoms with Crippen LogP contribution in [-0.2, 0) is 4.74 Å². The van der Waals surface area contributed by atoms with Crippen molar-refractivity contribution in [2.75, 3.05) is 50.6 Å². The minimum Gasteiger partial charge on any atom is -0.465 e. The van der Waals surface area contributed by atoms with Crippen molar-refractivity contribution in [3.05, 3.63) is 47.9 Å². The zero-order valence-corrected chi connectivity index (χ0v) is 14.8. The van der Waals surface area contributed by atoms with Gasteiger partial charge in [-0.15, -0.1) is 0 Å². The number of benzene rings is 1. The van der Waals surface area contributed by atoms with Gasteiger partial charge in [-0.3, -0.25) is 4.79 Å². The lowest BCUT2D eigenvalue weighted by atomic mass is 10.1. The Kier molecular flexibility index (Phi) is 5.43. The second-order valence-corrected chi connectivity index (χ2v) is 6.04. The number of piperazine rings is 1. The smallest absolute Gasteiger partial charge is 0.339 e. The topological polar surface area (TPSA) is 87.7 Å². The van der Waals surface area contributed by atoms with Crippen molar-refractivity contribution in [3.8, 4) is 0 Å². The van der Waals surface area contributed by atoms with Gasteiger partial charge in [0.25, 0.3) is 5.91 Å². The molecule has 2 aromatic rings. The predicted octanol–water partition coefficient (Wildman–Crippen LogP) is 1.27. The third-order valence-electron chi connectivity index (χ3n) is 4.28. The highest BCUT2D eigenvalue weighted by Gasteiger charge is 2.18. The highest BCUT2D eigenvalue weighted by Crippen LogP contribution is 2.17. The number of para-hydroxylation sites is 1. The van der Waals surface area contributed by atoms with Gasteiger partial charge in [0.15, 0.2) is 0 Å². The number of carbonyl (C=O) groups excluding carboxylic acids is 2. The van der Waals surface area contributed by atoms with E-state index in [-0.39, 0.29) is 11.3 Å². The van der Waals surface area contributed by atoms with Gasteiger partial charge in [-0.1, -0.05) is 12.1 Å². The molecule has 0 atom stereocenters. The Morgan fingerprint density at radius 3 is 2.46 bits per heavy atom. The Bertz CT molecular complexity index is 786. The number of anilines is 2. The Labute approximate surface area is 151 Å². The fourth-order valence-electron chi connectivity index (χ4n) is 2.70. The molecule has 1 saturated heterocycles. The molecule has 0 unspecified atom stereocenters. The Hall–Kier alpha value is -3.00. The molecule has 1 aliphatic heterocycles. The summed E-state index contributed by atoms with van der Waals surface area (Å²) in [5.74, 6) is -0.194. The monoisotopic (exact) mass is 355 g/mol. The van der Waals surface area contributed by atoms with Gasteiger partial charge in [0.2, 0.25) is 0 Å². The minimum absolute atomic E-state index is 0.183. The summed E-state index contributed by atoms with van der Waals surface area (Å²) < 4.78 is 4.73. The lowest BCUT2D eigenvalue weighted by Crippen LogP contribution is -2.44. The number of aromatic nitrogens is 2. The van der Waals surface area contributed by atoms with Crippen LogP contribution in [0.15, 0.2) is 36.7 Å². The molecule has 1 aliphatic rings. The number of amides is 1. The van der Waals surface area contributed by atoms with E-state index in [1.807, 2.05) is 0 Å². The van der Waals surface area contributed by atoms with Crippen LogP contribution in [0.25, 0.3) is 0 Å². The maximum absolute atomic E-state index is 12.4. The molecule has 1 fully saturated rings. The summed E-state index contributed by atoms with van der Waals surface area (Å²) in [5.41, 5.74) is 0.835. The molecule has 136 valence electrons. The second-order valence-electron chi connectivity index (χ2n) is 6.04. The molecule has 0 spiro atoms. The van der Waals surface area contributed by atoms with Gasteiger partial charge in [-0.2, -0.15) is 0 Å². The Morgan fingerprint density at radius 2 is 1.81 bits per heavy atom. The van der Waals surface area contributed by atoms with E-state index in [1.165, 1.54) is 13.3 Å². The zero-order valence-electron chi connectivity index (χ0n) is 14.8. The van der Waals surface area contributed by atoms with Crippen LogP contribution in [0.1, 0.15) is 20.8 Å². The van der Waals surface area contributed by atoms with Gasteiger partial charge in [-0.05, 0) is 19.2 Å². The summed E-state index contributed by atoms with van der Waals surface area (Å²) in [4.78, 5) is 37.2. The predicted molar refractivity (Wildman–Crippen MR) is 97.5 cm³/mol. The van der Waals surface area contributed by atoms with Crippen molar-refractivity contribution in [2.45, 2.75) is 0 Å². The maximum atomic E-state index is 12.4. The molecule has 1 amide bonds. The van der Waals surface area contributed by atoms with Crippen molar-refractivity contribution >= 4 is 23.4 Å². The van der Waals surface area contributed by atoms with Crippen molar-refractivity contribution in [2.24, 2.45) is 0 Å². The molecule has 0 bridgehead atoms. The lowest BCUT2D eigenvalue weighted by Gasteiger charge is -2.32. The summed E-state index contributed by atoms with van der Waals surface area (Å²) >= 11 is 0. The van der Waals surface area contributed by atoms with Crippen molar-refractivity contribution in [1.29, 1.82) is 0 Å². The maximum Gasteiger partial charge on any atom is 0.339 e. The van der Waals surface area contributed by atoms with Crippen molar-refractivity contribution in [1.82, 2.24) is 14.9 Å². The van der Waals surface area contributed by atoms with E-state index < -0.39 is 11.9 Å². The second kappa shape index (κ2) is 7.92. The Balaban J connectivity index is 1.70. The molecule has 2 heterocycles. The average molecular weight is 355 g/mol. The fraction of sp³-hybridized carbons (Fsp3) is 0.333. The van der Waals surface area contributed by atoms with Crippen molar-refractivity contribution < 1.29 is 14.3 Å². The number of hydrogen-bond donors (Lipinski definition) is 1. The number of nitrogens with zero attached hydrogens (tertiary/aromatic N) is 4. The highest BCUT2D eigenvalue weighted by atomic mass is 16.5. The summed E-state index contributed by atoms with van der Waals surface area (Å²) in [5, 5.41) is 2.68. The number of methoxy groups -OCH3 is 1. The van der Waals surface area contributed by atoms with Gasteiger partial charge in [0, 0.05) is 26.2 Å². The van der Waals surface area contributed by atoms with Crippen LogP contribution in [0.2, 0.25) is 0 Å². The van der Waals surface area contributed by atoms with Crippen LogP contribution in [0.4, 0.5) is 11.5 Å². The van der Waals surface area contributed by atoms with E-state index in [2.05, 4.69) is 32.1 Å². The van der Waals surface area contributed by atoms with Gasteiger partial charge >= 0.3 is 5.97 Å². The minimum atomic E-state index is -0.516. The molecule has 26 heavy (non-hydrogen) atoms. The standard InChI is InChI=1S/C18H21N5O3/c1-22-7-9-23(10-8-22)16-12-19-15(11-20-16)17(24)21-14-6-4-3-5-13(14)18(25)26-2/h3-6,11-12H,7-10H2,1-2H3,(H,21,24). The number of esters is 1. The largest absolute Gasteiger partial charge is 0.465 e. The summed E-state index contributed by atoms with van der Waals surface area (Å²) in [6.07, 6.45) is 3.05. The van der Waals surface area contributed by atoms with Crippen LogP contribution in [0, 0.1) is 0 Å². The molecule has 1 N–H and O–H groups in total. The SMILES string of the molecule is COC(=O)c1ccccc1NC(=O)c1cnc(N2CCN(C)CC2)cn1. The van der Waals surface area contributed by atoms with E-state index in [4.69, 9.17) is 4.74 Å². The molecule has 8 nitrogen and oxygen atoms in total. The first-order valence-electron chi connectivity index (χ1n) is 8.32. The van der Waals surface area contributed by atoms with Gasteiger partial charge in [-0.25, -0.2) is 14.8 Å². The quantitative estimate of drug-likeness (QED) is 0.826. The summed E-state index contributed by atoms with van der Waals surface area (Å²) in [6, 6.07) is 6.65. The van der Waals surface area contributed by atoms with Crippen LogP contribution < -0.4 is 10.2 Å².